The van der Waals surface area contributed by atoms with Crippen molar-refractivity contribution in [1.29, 1.82) is 0 Å². The number of anilines is 3. The number of fused-ring (bicyclic) bond motifs is 2. The summed E-state index contributed by atoms with van der Waals surface area (Å²) in [6.07, 6.45) is 2.53. The molecule has 1 aromatic carbocycles. The third-order valence-electron chi connectivity index (χ3n) is 9.33. The number of benzene rings is 1. The Morgan fingerprint density at radius 2 is 1.76 bits per heavy atom. The lowest BCUT2D eigenvalue weighted by Crippen LogP contribution is -2.67. The van der Waals surface area contributed by atoms with Gasteiger partial charge in [-0.25, -0.2) is 19.3 Å². The minimum absolute atomic E-state index is 0.0490. The van der Waals surface area contributed by atoms with Crippen molar-refractivity contribution in [1.82, 2.24) is 29.6 Å². The molecule has 1 atom stereocenters. The molecule has 2 fully saturated rings. The van der Waals surface area contributed by atoms with Gasteiger partial charge in [0.15, 0.2) is 11.5 Å². The number of nitrogens with zero attached hydrogens (tertiary/aromatic N) is 6. The van der Waals surface area contributed by atoms with Crippen molar-refractivity contribution in [3.05, 3.63) is 76.9 Å². The van der Waals surface area contributed by atoms with Crippen LogP contribution >= 0.6 is 0 Å². The molecule has 0 bridgehead atoms. The minimum atomic E-state index is -4.85. The summed E-state index contributed by atoms with van der Waals surface area (Å²) in [4.78, 5) is 40.9. The maximum absolute atomic E-state index is 13.3. The van der Waals surface area contributed by atoms with E-state index in [0.29, 0.717) is 41.6 Å². The first kappa shape index (κ1) is 35.6. The van der Waals surface area contributed by atoms with Crippen LogP contribution in [0.25, 0.3) is 16.9 Å². The molecule has 4 heterocycles. The minimum Gasteiger partial charge on any atom is -0.370 e. The average Bonchev–Trinajstić information content (AvgIpc) is 3.60. The van der Waals surface area contributed by atoms with Crippen LogP contribution in [0.2, 0.25) is 0 Å². The lowest BCUT2D eigenvalue weighted by atomic mass is 9.60. The number of hydrogen-bond donors (Lipinski definition) is 2. The van der Waals surface area contributed by atoms with Crippen LogP contribution in [0.5, 0.6) is 0 Å². The summed E-state index contributed by atoms with van der Waals surface area (Å²) < 4.78 is 40.9. The second-order valence-corrected chi connectivity index (χ2v) is 12.4. The van der Waals surface area contributed by atoms with E-state index in [1.807, 2.05) is 58.0 Å². The van der Waals surface area contributed by atoms with E-state index < -0.39 is 18.1 Å². The highest BCUT2D eigenvalue weighted by Crippen LogP contribution is 2.50. The molecule has 0 radical (unpaired) electrons. The maximum Gasteiger partial charge on any atom is 0.471 e. The quantitative estimate of drug-likeness (QED) is 0.192. The summed E-state index contributed by atoms with van der Waals surface area (Å²) in [5.74, 6) is -0.511. The van der Waals surface area contributed by atoms with Crippen LogP contribution in [0.3, 0.4) is 0 Å². The molecule has 262 valence electrons. The Labute approximate surface area is 284 Å². The van der Waals surface area contributed by atoms with E-state index in [1.165, 1.54) is 11.8 Å². The number of pyridine rings is 1. The molecule has 2 aliphatic carbocycles. The van der Waals surface area contributed by atoms with Crippen LogP contribution in [0.15, 0.2) is 60.0 Å². The number of halogens is 3. The van der Waals surface area contributed by atoms with Crippen molar-refractivity contribution in [3.8, 4) is 5.82 Å². The Bertz CT molecular complexity index is 1850. The number of allylic oxidation sites excluding steroid dienone is 1. The van der Waals surface area contributed by atoms with E-state index >= 15 is 0 Å². The van der Waals surface area contributed by atoms with E-state index in [9.17, 15) is 22.8 Å². The first-order valence-corrected chi connectivity index (χ1v) is 17.2. The lowest BCUT2D eigenvalue weighted by Gasteiger charge is -2.60. The smallest absolute Gasteiger partial charge is 0.370 e. The van der Waals surface area contributed by atoms with Crippen LogP contribution in [0.4, 0.5) is 30.5 Å². The largest absolute Gasteiger partial charge is 0.471 e. The molecule has 1 amide bonds. The fraction of sp³-hybridized carbons (Fsp3) is 0.472. The Balaban J connectivity index is 0.00000113. The van der Waals surface area contributed by atoms with Crippen molar-refractivity contribution >= 4 is 34.3 Å². The number of alkyl halides is 3. The first-order chi connectivity index (χ1) is 23.6. The van der Waals surface area contributed by atoms with Crippen LogP contribution in [0.1, 0.15) is 77.5 Å². The second kappa shape index (κ2) is 14.4. The zero-order valence-corrected chi connectivity index (χ0v) is 28.8. The molecule has 1 saturated carbocycles. The molecule has 7 rings (SSSR count). The highest BCUT2D eigenvalue weighted by molar-refractivity contribution is 5.82. The summed E-state index contributed by atoms with van der Waals surface area (Å²) in [5.41, 5.74) is 4.27. The lowest BCUT2D eigenvalue weighted by molar-refractivity contribution is -0.176. The average molecular weight is 679 g/mol. The number of aryl methyl sites for hydroxylation is 1. The number of hydrogen-bond acceptors (Lipinski definition) is 7. The number of aromatic nitrogens is 5. The van der Waals surface area contributed by atoms with Crippen LogP contribution < -0.4 is 21.1 Å². The van der Waals surface area contributed by atoms with Crippen molar-refractivity contribution in [2.24, 2.45) is 5.41 Å². The van der Waals surface area contributed by atoms with Gasteiger partial charge in [0.25, 0.3) is 5.56 Å². The van der Waals surface area contributed by atoms with Crippen LogP contribution in [-0.4, -0.2) is 55.5 Å². The molecule has 2 N–H and O–H groups in total. The van der Waals surface area contributed by atoms with Gasteiger partial charge in [-0.05, 0) is 68.0 Å². The van der Waals surface area contributed by atoms with Crippen molar-refractivity contribution < 1.29 is 18.0 Å². The zero-order chi connectivity index (χ0) is 35.5. The monoisotopic (exact) mass is 678 g/mol. The topological polar surface area (TPSA) is 110 Å². The van der Waals surface area contributed by atoms with Crippen molar-refractivity contribution in [2.75, 3.05) is 23.3 Å². The Hall–Kier alpha value is -4.68. The molecule has 1 aliphatic heterocycles. The molecule has 1 spiro atoms. The van der Waals surface area contributed by atoms with Gasteiger partial charge in [-0.1, -0.05) is 46.8 Å². The number of carbonyl (C=O) groups is 1. The van der Waals surface area contributed by atoms with Crippen LogP contribution in [0, 0.1) is 5.41 Å². The van der Waals surface area contributed by atoms with E-state index in [2.05, 4.69) is 40.1 Å². The number of amides is 1. The molecular weight excluding hydrogens is 633 g/mol. The molecule has 3 aliphatic rings. The predicted octanol–water partition coefficient (Wildman–Crippen LogP) is 7.05. The molecule has 10 nitrogen and oxygen atoms in total. The number of carbonyl (C=O) groups excluding carboxylic acids is 1. The number of nitrogens with one attached hydrogen (secondary N) is 2. The van der Waals surface area contributed by atoms with Gasteiger partial charge in [-0.2, -0.15) is 18.2 Å². The molecule has 3 aromatic heterocycles. The van der Waals surface area contributed by atoms with E-state index in [-0.39, 0.29) is 17.5 Å². The molecule has 4 aromatic rings. The SMILES string of the molecule is C=CCn1c(=O)c2cnc(Nc3ccc(N4CC5(CC(NC(=O)C(F)(F)F)C5)C4)cc3)nc2n1-c1ccc2c(n1)C(CC)CC2.CC.CC. The fourth-order valence-corrected chi connectivity index (χ4v) is 7.09. The van der Waals surface area contributed by atoms with Crippen LogP contribution in [-0.2, 0) is 17.8 Å². The summed E-state index contributed by atoms with van der Waals surface area (Å²) in [6, 6.07) is 11.3. The third kappa shape index (κ3) is 6.93. The predicted molar refractivity (Wildman–Crippen MR) is 187 cm³/mol. The summed E-state index contributed by atoms with van der Waals surface area (Å²) in [6.45, 7) is 15.7. The van der Waals surface area contributed by atoms with Crippen molar-refractivity contribution in [2.45, 2.75) is 91.4 Å². The van der Waals surface area contributed by atoms with Gasteiger partial charge in [0.2, 0.25) is 5.95 Å². The van der Waals surface area contributed by atoms with Crippen molar-refractivity contribution in [3.63, 3.8) is 0 Å². The van der Waals surface area contributed by atoms with Gasteiger partial charge in [-0.3, -0.25) is 9.59 Å². The van der Waals surface area contributed by atoms with Gasteiger partial charge in [0, 0.05) is 53.7 Å². The molecule has 1 saturated heterocycles. The Morgan fingerprint density at radius 1 is 1.06 bits per heavy atom. The van der Waals surface area contributed by atoms with E-state index in [0.717, 1.165) is 49.4 Å². The van der Waals surface area contributed by atoms with Gasteiger partial charge in [0.05, 0.1) is 6.54 Å². The van der Waals surface area contributed by atoms with Gasteiger partial charge < -0.3 is 15.5 Å². The van der Waals surface area contributed by atoms with E-state index in [1.54, 1.807) is 15.4 Å². The summed E-state index contributed by atoms with van der Waals surface area (Å²) in [5, 5.41) is 5.70. The molecular formula is C36H45F3N8O2. The Morgan fingerprint density at radius 3 is 2.39 bits per heavy atom. The fourth-order valence-electron chi connectivity index (χ4n) is 7.09. The first-order valence-electron chi connectivity index (χ1n) is 17.2. The molecule has 13 heteroatoms. The highest BCUT2D eigenvalue weighted by atomic mass is 19.4. The zero-order valence-electron chi connectivity index (χ0n) is 28.8. The Kier molecular flexibility index (Phi) is 10.5. The van der Waals surface area contributed by atoms with Gasteiger partial charge in [0.1, 0.15) is 5.39 Å². The summed E-state index contributed by atoms with van der Waals surface area (Å²) in [7, 11) is 0. The van der Waals surface area contributed by atoms with E-state index in [4.69, 9.17) is 9.97 Å². The van der Waals surface area contributed by atoms with Gasteiger partial charge >= 0.3 is 12.1 Å². The normalized spacial score (nSPS) is 17.6. The van der Waals surface area contributed by atoms with Gasteiger partial charge in [-0.15, -0.1) is 6.58 Å². The second-order valence-electron chi connectivity index (χ2n) is 12.4. The third-order valence-corrected chi connectivity index (χ3v) is 9.33. The summed E-state index contributed by atoms with van der Waals surface area (Å²) >= 11 is 0. The molecule has 49 heavy (non-hydrogen) atoms. The molecule has 1 unspecified atom stereocenters. The highest BCUT2D eigenvalue weighted by Gasteiger charge is 2.54. The number of rotatable bonds is 8. The standard InChI is InChI=1S/C32H33F3N8O2.2C2H6/c1-3-13-42-28(44)24-16-36-30(40-27(24)43(42)25-12-7-20-6-5-19(4-2)26(20)39-25)38-21-8-10-23(11-9-21)41-17-31(18-41)14-22(15-31)37-29(45)32(33,34)35;2*1-2/h3,7-12,16,19,22H,1,4-6,13-15,17-18H2,2H3,(H,37,45)(H,36,38,40);2*1-2H3. The maximum atomic E-state index is 13.3.